The van der Waals surface area contributed by atoms with Gasteiger partial charge >= 0.3 is 12.1 Å². The number of alkyl carbamates (subject to hydrolysis) is 1. The van der Waals surface area contributed by atoms with Crippen LogP contribution in [0.25, 0.3) is 10.6 Å². The van der Waals surface area contributed by atoms with E-state index in [2.05, 4.69) is 25.7 Å². The number of rotatable bonds is 12. The molecule has 0 saturated heterocycles. The molecular formula is C29H44N4O8SSi. The van der Waals surface area contributed by atoms with Crippen LogP contribution in [0.3, 0.4) is 0 Å². The van der Waals surface area contributed by atoms with Gasteiger partial charge in [-0.15, -0.1) is 11.3 Å². The number of carbonyl (C=O) groups excluding carboxylic acids is 4. The summed E-state index contributed by atoms with van der Waals surface area (Å²) in [7, 11) is -1.16. The summed E-state index contributed by atoms with van der Waals surface area (Å²) in [6.07, 6.45) is -0.508. The molecule has 0 bridgehead atoms. The maximum atomic E-state index is 13.2. The molecule has 12 nitrogen and oxygen atoms in total. The van der Waals surface area contributed by atoms with Crippen molar-refractivity contribution in [3.05, 3.63) is 40.9 Å². The molecule has 1 aromatic heterocycles. The molecule has 0 spiro atoms. The lowest BCUT2D eigenvalue weighted by molar-refractivity contribution is -0.146. The molecule has 0 aliphatic heterocycles. The van der Waals surface area contributed by atoms with Crippen molar-refractivity contribution >= 4 is 43.5 Å². The van der Waals surface area contributed by atoms with Crippen molar-refractivity contribution in [3.8, 4) is 10.6 Å². The van der Waals surface area contributed by atoms with Gasteiger partial charge in [-0.1, -0.05) is 45.0 Å². The van der Waals surface area contributed by atoms with Crippen LogP contribution in [0.2, 0.25) is 18.1 Å². The molecule has 2 atom stereocenters. The monoisotopic (exact) mass is 636 g/mol. The van der Waals surface area contributed by atoms with E-state index >= 15 is 0 Å². The van der Waals surface area contributed by atoms with Crippen molar-refractivity contribution in [2.45, 2.75) is 83.9 Å². The summed E-state index contributed by atoms with van der Waals surface area (Å²) in [5.74, 6) is -2.12. The van der Waals surface area contributed by atoms with Crippen LogP contribution in [0.1, 0.15) is 57.6 Å². The van der Waals surface area contributed by atoms with Gasteiger partial charge in [-0.25, -0.2) is 14.6 Å². The molecule has 2 rings (SSSR count). The zero-order valence-corrected chi connectivity index (χ0v) is 28.1. The van der Waals surface area contributed by atoms with Crippen LogP contribution in [0.15, 0.2) is 29.6 Å². The largest absolute Gasteiger partial charge is 0.467 e. The fraction of sp³-hybridized carbons (Fsp3) is 0.552. The summed E-state index contributed by atoms with van der Waals surface area (Å²) in [5.41, 5.74) is 1.14. The summed E-state index contributed by atoms with van der Waals surface area (Å²) >= 11 is 1.26. The van der Waals surface area contributed by atoms with Gasteiger partial charge in [-0.05, 0) is 44.5 Å². The number of nitrogens with one attached hydrogen (secondary N) is 3. The number of nitrogens with zero attached hydrogens (tertiary/aromatic N) is 1. The Morgan fingerprint density at radius 1 is 1.00 bits per heavy atom. The molecule has 14 heteroatoms. The molecule has 2 aromatic rings. The van der Waals surface area contributed by atoms with Gasteiger partial charge in [-0.3, -0.25) is 9.59 Å². The lowest BCUT2D eigenvalue weighted by Gasteiger charge is -2.37. The molecule has 43 heavy (non-hydrogen) atoms. The lowest BCUT2D eigenvalue weighted by atomic mass is 10.1. The minimum absolute atomic E-state index is 0.104. The summed E-state index contributed by atoms with van der Waals surface area (Å²) in [6.45, 7) is 15.0. The maximum absolute atomic E-state index is 13.2. The number of methoxy groups -OCH3 is 1. The van der Waals surface area contributed by atoms with Gasteiger partial charge in [0, 0.05) is 17.5 Å². The molecular weight excluding hydrogens is 592 g/mol. The molecule has 0 aliphatic rings. The number of esters is 1. The van der Waals surface area contributed by atoms with Gasteiger partial charge in [0.1, 0.15) is 22.3 Å². The number of benzene rings is 1. The second-order valence-electron chi connectivity index (χ2n) is 12.5. The third-order valence-electron chi connectivity index (χ3n) is 6.80. The highest BCUT2D eigenvalue weighted by Crippen LogP contribution is 2.36. The second-order valence-corrected chi connectivity index (χ2v) is 18.1. The number of ether oxygens (including phenoxy) is 2. The van der Waals surface area contributed by atoms with Crippen LogP contribution >= 0.6 is 11.3 Å². The highest BCUT2D eigenvalue weighted by Gasteiger charge is 2.39. The van der Waals surface area contributed by atoms with Crippen molar-refractivity contribution in [2.24, 2.45) is 0 Å². The Kier molecular flexibility index (Phi) is 12.4. The lowest BCUT2D eigenvalue weighted by Crippen LogP contribution is -2.56. The van der Waals surface area contributed by atoms with E-state index in [0.717, 1.165) is 18.2 Å². The van der Waals surface area contributed by atoms with Crippen LogP contribution < -0.4 is 16.0 Å². The third-order valence-corrected chi connectivity index (χ3v) is 12.2. The number of hydrogen-bond donors (Lipinski definition) is 4. The Morgan fingerprint density at radius 2 is 1.63 bits per heavy atom. The molecule has 0 radical (unpaired) electrons. The highest BCUT2D eigenvalue weighted by atomic mass is 32.1. The molecule has 3 amide bonds. The Hall–Kier alpha value is -3.33. The Morgan fingerprint density at radius 3 is 2.16 bits per heavy atom. The van der Waals surface area contributed by atoms with Gasteiger partial charge in [0.15, 0.2) is 14.4 Å². The first-order valence-corrected chi connectivity index (χ1v) is 17.6. The van der Waals surface area contributed by atoms with Gasteiger partial charge in [0.25, 0.3) is 5.91 Å². The molecule has 1 aromatic carbocycles. The summed E-state index contributed by atoms with van der Waals surface area (Å²) in [6, 6.07) is 4.88. The molecule has 4 N–H and O–H groups in total. The van der Waals surface area contributed by atoms with Crippen molar-refractivity contribution in [2.75, 3.05) is 20.3 Å². The summed E-state index contributed by atoms with van der Waals surface area (Å²) in [4.78, 5) is 54.6. The molecule has 0 saturated carbocycles. The number of aromatic nitrogens is 1. The van der Waals surface area contributed by atoms with Gasteiger partial charge < -0.3 is 35.0 Å². The van der Waals surface area contributed by atoms with Crippen LogP contribution in [0.5, 0.6) is 0 Å². The number of aliphatic hydroxyl groups is 1. The van der Waals surface area contributed by atoms with E-state index in [1.807, 2.05) is 58.1 Å². The molecule has 0 fully saturated rings. The van der Waals surface area contributed by atoms with Crippen molar-refractivity contribution in [3.63, 3.8) is 0 Å². The Labute approximate surface area is 258 Å². The number of thiazole rings is 1. The predicted molar refractivity (Wildman–Crippen MR) is 166 cm³/mol. The number of carbonyl (C=O) groups is 4. The van der Waals surface area contributed by atoms with Gasteiger partial charge in [0.2, 0.25) is 5.91 Å². The van der Waals surface area contributed by atoms with Crippen molar-refractivity contribution in [1.82, 2.24) is 20.9 Å². The van der Waals surface area contributed by atoms with Crippen LogP contribution in [0, 0.1) is 0 Å². The van der Waals surface area contributed by atoms with Crippen LogP contribution in [-0.2, 0) is 30.0 Å². The Bertz CT molecular complexity index is 1270. The number of hydrogen-bond acceptors (Lipinski definition) is 10. The fourth-order valence-corrected chi connectivity index (χ4v) is 5.10. The average Bonchev–Trinajstić information content (AvgIpc) is 3.41. The minimum atomic E-state index is -2.30. The minimum Gasteiger partial charge on any atom is -0.467 e. The first-order chi connectivity index (χ1) is 19.9. The summed E-state index contributed by atoms with van der Waals surface area (Å²) in [5, 5.41) is 19.4. The number of aliphatic hydroxyl groups excluding tert-OH is 1. The van der Waals surface area contributed by atoms with E-state index in [-0.39, 0.29) is 23.9 Å². The average molecular weight is 637 g/mol. The van der Waals surface area contributed by atoms with E-state index in [9.17, 15) is 24.3 Å². The topological polar surface area (TPSA) is 165 Å². The van der Waals surface area contributed by atoms with Crippen LogP contribution in [0.4, 0.5) is 4.79 Å². The normalized spacial score (nSPS) is 13.4. The number of amides is 3. The van der Waals surface area contributed by atoms with E-state index in [1.165, 1.54) is 11.3 Å². The van der Waals surface area contributed by atoms with Gasteiger partial charge in [-0.2, -0.15) is 0 Å². The summed E-state index contributed by atoms with van der Waals surface area (Å²) < 4.78 is 16.1. The Balaban J connectivity index is 2.14. The van der Waals surface area contributed by atoms with E-state index in [1.54, 1.807) is 26.2 Å². The van der Waals surface area contributed by atoms with E-state index in [4.69, 9.17) is 9.16 Å². The van der Waals surface area contributed by atoms with Crippen molar-refractivity contribution < 1.29 is 38.2 Å². The first-order valence-electron chi connectivity index (χ1n) is 13.8. The van der Waals surface area contributed by atoms with Crippen molar-refractivity contribution in [1.29, 1.82) is 0 Å². The standard InChI is InChI=1S/C29H44N4O8SSi/c1-28(2,3)41-27(38)30-14-18-10-12-19(13-11-18)25-33-22(17-42-25)24(36)32-21(16-40-43(8,9)29(4,5)6)23(35)31-20(15-34)26(37)39-7/h10-13,17,20-21,34H,14-16H2,1-9H3,(H,30,38)(H,31,35)(H,32,36)/t20-,21-/m0/s1. The molecule has 238 valence electrons. The SMILES string of the molecule is COC(=O)[C@H](CO)NC(=O)[C@H](CO[Si](C)(C)C(C)(C)C)NC(=O)c1csc(-c2ccc(CNC(=O)OC(C)(C)C)cc2)n1. The zero-order valence-electron chi connectivity index (χ0n) is 26.3. The maximum Gasteiger partial charge on any atom is 0.407 e. The fourth-order valence-electron chi connectivity index (χ4n) is 3.28. The van der Waals surface area contributed by atoms with E-state index in [0.29, 0.717) is 5.01 Å². The molecule has 0 unspecified atom stereocenters. The van der Waals surface area contributed by atoms with Gasteiger partial charge in [0.05, 0.1) is 20.3 Å². The predicted octanol–water partition coefficient (Wildman–Crippen LogP) is 3.61. The quantitative estimate of drug-likeness (QED) is 0.201. The van der Waals surface area contributed by atoms with Crippen LogP contribution in [-0.4, -0.2) is 80.3 Å². The second kappa shape index (κ2) is 14.9. The molecule has 0 aliphatic carbocycles. The molecule has 1 heterocycles. The zero-order chi connectivity index (χ0) is 32.6. The van der Waals surface area contributed by atoms with E-state index < -0.39 is 56.5 Å². The smallest absolute Gasteiger partial charge is 0.407 e. The first kappa shape index (κ1) is 35.9. The highest BCUT2D eigenvalue weighted by molar-refractivity contribution is 7.13. The third kappa shape index (κ3) is 11.0.